The van der Waals surface area contributed by atoms with E-state index in [-0.39, 0.29) is 11.6 Å². The number of hydrogen-bond donors (Lipinski definition) is 1. The van der Waals surface area contributed by atoms with Gasteiger partial charge in [-0.3, -0.25) is 4.79 Å². The molecule has 0 aromatic rings. The highest BCUT2D eigenvalue weighted by molar-refractivity contribution is 5.80. The van der Waals surface area contributed by atoms with Crippen molar-refractivity contribution in [2.75, 3.05) is 33.5 Å². The first-order chi connectivity index (χ1) is 9.31. The third-order valence-electron chi connectivity index (χ3n) is 3.44. The Morgan fingerprint density at radius 2 is 1.70 bits per heavy atom. The van der Waals surface area contributed by atoms with Crippen LogP contribution in [0.15, 0.2) is 0 Å². The Hall–Kier alpha value is -0.650. The van der Waals surface area contributed by atoms with Gasteiger partial charge in [0.1, 0.15) is 5.54 Å². The third-order valence-corrected chi connectivity index (χ3v) is 3.44. The number of ether oxygens (including phenoxy) is 3. The predicted molar refractivity (Wildman–Crippen MR) is 79.9 cm³/mol. The fourth-order valence-electron chi connectivity index (χ4n) is 1.74. The minimum atomic E-state index is -0.679. The molecule has 0 fully saturated rings. The standard InChI is InChI=1S/C15H31NO4/c1-7-16-15(5,13(17)20-8-2)10-12-19-11-9-14(3,4)18-6/h16H,7-12H2,1-6H3. The Labute approximate surface area is 123 Å². The Morgan fingerprint density at radius 1 is 1.10 bits per heavy atom. The fourth-order valence-corrected chi connectivity index (χ4v) is 1.74. The van der Waals surface area contributed by atoms with Gasteiger partial charge in [-0.15, -0.1) is 0 Å². The average Bonchev–Trinajstić information content (AvgIpc) is 2.39. The van der Waals surface area contributed by atoms with E-state index in [4.69, 9.17) is 14.2 Å². The SMILES string of the molecule is CCNC(C)(CCOCCC(C)(C)OC)C(=O)OCC. The molecule has 0 spiro atoms. The highest BCUT2D eigenvalue weighted by Gasteiger charge is 2.33. The number of esters is 1. The third kappa shape index (κ3) is 7.22. The van der Waals surface area contributed by atoms with E-state index in [1.54, 1.807) is 7.11 Å². The zero-order valence-electron chi connectivity index (χ0n) is 13.9. The molecule has 0 aromatic carbocycles. The number of nitrogens with one attached hydrogen (secondary N) is 1. The van der Waals surface area contributed by atoms with Crippen LogP contribution in [0.3, 0.4) is 0 Å². The minimum Gasteiger partial charge on any atom is -0.465 e. The van der Waals surface area contributed by atoms with E-state index in [1.165, 1.54) is 0 Å². The molecule has 0 aromatic heterocycles. The van der Waals surface area contributed by atoms with Crippen molar-refractivity contribution in [2.24, 2.45) is 0 Å². The summed E-state index contributed by atoms with van der Waals surface area (Å²) in [7, 11) is 1.70. The van der Waals surface area contributed by atoms with Crippen molar-refractivity contribution in [1.29, 1.82) is 0 Å². The van der Waals surface area contributed by atoms with Crippen LogP contribution in [-0.4, -0.2) is 50.6 Å². The minimum absolute atomic E-state index is 0.174. The van der Waals surface area contributed by atoms with Crippen LogP contribution in [0, 0.1) is 0 Å². The monoisotopic (exact) mass is 289 g/mol. The molecule has 20 heavy (non-hydrogen) atoms. The van der Waals surface area contributed by atoms with Crippen molar-refractivity contribution in [2.45, 2.75) is 58.6 Å². The van der Waals surface area contributed by atoms with Crippen molar-refractivity contribution in [3.8, 4) is 0 Å². The maximum Gasteiger partial charge on any atom is 0.326 e. The maximum absolute atomic E-state index is 12.0. The maximum atomic E-state index is 12.0. The molecular formula is C15H31NO4. The quantitative estimate of drug-likeness (QED) is 0.466. The van der Waals surface area contributed by atoms with E-state index < -0.39 is 5.54 Å². The second-order valence-corrected chi connectivity index (χ2v) is 5.66. The second kappa shape index (κ2) is 9.32. The van der Waals surface area contributed by atoms with Crippen molar-refractivity contribution < 1.29 is 19.0 Å². The van der Waals surface area contributed by atoms with E-state index >= 15 is 0 Å². The van der Waals surface area contributed by atoms with Crippen LogP contribution in [0.1, 0.15) is 47.5 Å². The summed E-state index contributed by atoms with van der Waals surface area (Å²) in [5, 5.41) is 3.18. The largest absolute Gasteiger partial charge is 0.465 e. The Bertz CT molecular complexity index is 281. The van der Waals surface area contributed by atoms with Gasteiger partial charge in [-0.2, -0.15) is 0 Å². The number of hydrogen-bond acceptors (Lipinski definition) is 5. The van der Waals surface area contributed by atoms with Crippen LogP contribution >= 0.6 is 0 Å². The van der Waals surface area contributed by atoms with E-state index in [9.17, 15) is 4.79 Å². The van der Waals surface area contributed by atoms with Gasteiger partial charge in [-0.1, -0.05) is 6.92 Å². The molecule has 0 saturated carbocycles. The van der Waals surface area contributed by atoms with Gasteiger partial charge >= 0.3 is 5.97 Å². The molecular weight excluding hydrogens is 258 g/mol. The lowest BCUT2D eigenvalue weighted by molar-refractivity contribution is -0.151. The second-order valence-electron chi connectivity index (χ2n) is 5.66. The first-order valence-electron chi connectivity index (χ1n) is 7.36. The molecule has 0 radical (unpaired) electrons. The molecule has 0 heterocycles. The highest BCUT2D eigenvalue weighted by Crippen LogP contribution is 2.15. The smallest absolute Gasteiger partial charge is 0.326 e. The van der Waals surface area contributed by atoms with Crippen LogP contribution in [-0.2, 0) is 19.0 Å². The molecule has 0 rings (SSSR count). The number of methoxy groups -OCH3 is 1. The van der Waals surface area contributed by atoms with E-state index in [2.05, 4.69) is 5.32 Å². The summed E-state index contributed by atoms with van der Waals surface area (Å²) < 4.78 is 16.1. The van der Waals surface area contributed by atoms with Crippen LogP contribution in [0.25, 0.3) is 0 Å². The van der Waals surface area contributed by atoms with Gasteiger partial charge in [0.2, 0.25) is 0 Å². The summed E-state index contributed by atoms with van der Waals surface area (Å²) in [4.78, 5) is 12.0. The molecule has 0 bridgehead atoms. The van der Waals surface area contributed by atoms with E-state index in [1.807, 2.05) is 34.6 Å². The Morgan fingerprint density at radius 3 is 2.20 bits per heavy atom. The first kappa shape index (κ1) is 19.4. The summed E-state index contributed by atoms with van der Waals surface area (Å²) in [5.41, 5.74) is -0.854. The molecule has 0 amide bonds. The molecule has 1 unspecified atom stereocenters. The van der Waals surface area contributed by atoms with Crippen molar-refractivity contribution >= 4 is 5.97 Å². The average molecular weight is 289 g/mol. The summed E-state index contributed by atoms with van der Waals surface area (Å²) in [6, 6.07) is 0. The Balaban J connectivity index is 4.13. The molecule has 0 saturated heterocycles. The number of carbonyl (C=O) groups excluding carboxylic acids is 1. The van der Waals surface area contributed by atoms with Crippen molar-refractivity contribution in [1.82, 2.24) is 5.32 Å². The molecule has 120 valence electrons. The van der Waals surface area contributed by atoms with Gasteiger partial charge in [0.15, 0.2) is 0 Å². The summed E-state index contributed by atoms with van der Waals surface area (Å²) in [5.74, 6) is -0.220. The lowest BCUT2D eigenvalue weighted by atomic mass is 9.98. The molecule has 0 aliphatic heterocycles. The van der Waals surface area contributed by atoms with Gasteiger partial charge in [-0.25, -0.2) is 0 Å². The van der Waals surface area contributed by atoms with Crippen LogP contribution < -0.4 is 5.32 Å². The van der Waals surface area contributed by atoms with E-state index in [0.29, 0.717) is 32.8 Å². The molecule has 0 aliphatic carbocycles. The van der Waals surface area contributed by atoms with Gasteiger partial charge in [0, 0.05) is 20.3 Å². The fraction of sp³-hybridized carbons (Fsp3) is 0.933. The molecule has 5 nitrogen and oxygen atoms in total. The van der Waals surface area contributed by atoms with Gasteiger partial charge in [-0.05, 0) is 47.1 Å². The number of rotatable bonds is 11. The molecule has 1 N–H and O–H groups in total. The van der Waals surface area contributed by atoms with Gasteiger partial charge < -0.3 is 19.5 Å². The molecule has 0 aliphatic rings. The molecule has 5 heteroatoms. The zero-order valence-corrected chi connectivity index (χ0v) is 13.9. The van der Waals surface area contributed by atoms with E-state index in [0.717, 1.165) is 6.42 Å². The highest BCUT2D eigenvalue weighted by atomic mass is 16.5. The van der Waals surface area contributed by atoms with Gasteiger partial charge in [0.25, 0.3) is 0 Å². The van der Waals surface area contributed by atoms with Crippen LogP contribution in [0.4, 0.5) is 0 Å². The van der Waals surface area contributed by atoms with Gasteiger partial charge in [0.05, 0.1) is 12.2 Å². The lowest BCUT2D eigenvalue weighted by Gasteiger charge is -2.28. The zero-order chi connectivity index (χ0) is 15.6. The predicted octanol–water partition coefficient (Wildman–Crippen LogP) is 2.14. The molecule has 1 atom stereocenters. The topological polar surface area (TPSA) is 56.8 Å². The lowest BCUT2D eigenvalue weighted by Crippen LogP contribution is -2.51. The summed E-state index contributed by atoms with van der Waals surface area (Å²) >= 11 is 0. The van der Waals surface area contributed by atoms with Crippen molar-refractivity contribution in [3.05, 3.63) is 0 Å². The van der Waals surface area contributed by atoms with Crippen LogP contribution in [0.5, 0.6) is 0 Å². The number of carbonyl (C=O) groups is 1. The van der Waals surface area contributed by atoms with Crippen molar-refractivity contribution in [3.63, 3.8) is 0 Å². The summed E-state index contributed by atoms with van der Waals surface area (Å²) in [6.45, 7) is 11.9. The van der Waals surface area contributed by atoms with Crippen LogP contribution in [0.2, 0.25) is 0 Å². The number of likely N-dealkylation sites (N-methyl/N-ethyl adjacent to an activating group) is 1. The Kier molecular flexibility index (Phi) is 9.01. The normalized spacial score (nSPS) is 14.9. The summed E-state index contributed by atoms with van der Waals surface area (Å²) in [6.07, 6.45) is 1.41. The first-order valence-corrected chi connectivity index (χ1v) is 7.36.